The summed E-state index contributed by atoms with van der Waals surface area (Å²) in [5.41, 5.74) is 0. The lowest BCUT2D eigenvalue weighted by molar-refractivity contribution is 0.186. The van der Waals surface area contributed by atoms with Gasteiger partial charge in [-0.15, -0.1) is 11.8 Å². The molecule has 0 saturated carbocycles. The summed E-state index contributed by atoms with van der Waals surface area (Å²) < 4.78 is 6.44. The first kappa shape index (κ1) is 14.8. The summed E-state index contributed by atoms with van der Waals surface area (Å²) >= 11 is 0. The summed E-state index contributed by atoms with van der Waals surface area (Å²) in [5.74, 6) is 6.53. The van der Waals surface area contributed by atoms with Crippen LogP contribution in [0.4, 0.5) is 0 Å². The van der Waals surface area contributed by atoms with E-state index < -0.39 is 8.32 Å². The molecule has 1 aliphatic rings. The summed E-state index contributed by atoms with van der Waals surface area (Å²) in [5, 5.41) is 0. The Labute approximate surface area is 108 Å². The molecule has 1 aliphatic heterocycles. The summed E-state index contributed by atoms with van der Waals surface area (Å²) in [4.78, 5) is 0. The molecule has 0 aromatic carbocycles. The molecule has 1 fully saturated rings. The van der Waals surface area contributed by atoms with Crippen LogP contribution in [0.2, 0.25) is 18.6 Å². The molecule has 0 aromatic rings. The molecule has 2 heteroatoms. The fourth-order valence-electron chi connectivity index (χ4n) is 2.49. The number of hydrogen-bond acceptors (Lipinski definition) is 1. The normalized spacial score (nSPS) is 20.4. The average Bonchev–Trinajstić information content (AvgIpc) is 2.34. The highest BCUT2D eigenvalue weighted by Crippen LogP contribution is 2.31. The van der Waals surface area contributed by atoms with Gasteiger partial charge in [0.05, 0.1) is 6.10 Å². The van der Waals surface area contributed by atoms with E-state index >= 15 is 0 Å². The molecule has 0 radical (unpaired) electrons. The van der Waals surface area contributed by atoms with Crippen LogP contribution in [-0.4, -0.2) is 14.4 Å². The quantitative estimate of drug-likeness (QED) is 0.507. The van der Waals surface area contributed by atoms with Gasteiger partial charge in [-0.05, 0) is 31.5 Å². The Bertz CT molecular complexity index is 258. The minimum atomic E-state index is -1.36. The van der Waals surface area contributed by atoms with E-state index in [1.54, 1.807) is 0 Å². The maximum atomic E-state index is 6.44. The highest BCUT2D eigenvalue weighted by molar-refractivity contribution is 6.72. The molecule has 0 aromatic heterocycles. The standard InChI is InChI=1S/C15H28OSi/c1-4-6-7-9-12-15(5-2)16-17(3)13-10-8-11-14-17/h15H,4-6,8,10-14H2,1-3H3. The summed E-state index contributed by atoms with van der Waals surface area (Å²) in [6, 6.07) is 2.73. The van der Waals surface area contributed by atoms with Crippen molar-refractivity contribution in [3.8, 4) is 11.8 Å². The van der Waals surface area contributed by atoms with Gasteiger partial charge in [0.1, 0.15) is 0 Å². The summed E-state index contributed by atoms with van der Waals surface area (Å²) in [6.45, 7) is 6.83. The molecule has 0 bridgehead atoms. The molecule has 0 N–H and O–H groups in total. The molecule has 1 atom stereocenters. The van der Waals surface area contributed by atoms with Gasteiger partial charge in [-0.3, -0.25) is 0 Å². The van der Waals surface area contributed by atoms with Crippen molar-refractivity contribution in [3.05, 3.63) is 0 Å². The lowest BCUT2D eigenvalue weighted by Gasteiger charge is -2.34. The molecule has 17 heavy (non-hydrogen) atoms. The van der Waals surface area contributed by atoms with E-state index in [4.69, 9.17) is 4.43 Å². The van der Waals surface area contributed by atoms with Crippen LogP contribution in [-0.2, 0) is 4.43 Å². The van der Waals surface area contributed by atoms with E-state index in [0.29, 0.717) is 6.10 Å². The molecule has 98 valence electrons. The molecule has 1 saturated heterocycles. The first-order chi connectivity index (χ1) is 8.20. The first-order valence-electron chi connectivity index (χ1n) is 7.33. The van der Waals surface area contributed by atoms with Crippen LogP contribution in [0.1, 0.15) is 58.8 Å². The Morgan fingerprint density at radius 1 is 1.12 bits per heavy atom. The van der Waals surface area contributed by atoms with Crippen molar-refractivity contribution in [1.82, 2.24) is 0 Å². The van der Waals surface area contributed by atoms with Crippen molar-refractivity contribution in [3.63, 3.8) is 0 Å². The number of unbranched alkanes of at least 4 members (excludes halogenated alkanes) is 1. The second kappa shape index (κ2) is 7.95. The largest absolute Gasteiger partial charge is 0.413 e. The van der Waals surface area contributed by atoms with Crippen LogP contribution in [0.15, 0.2) is 0 Å². The lowest BCUT2D eigenvalue weighted by Crippen LogP contribution is -2.40. The van der Waals surface area contributed by atoms with Crippen LogP contribution in [0, 0.1) is 11.8 Å². The zero-order valence-corrected chi connectivity index (χ0v) is 12.8. The van der Waals surface area contributed by atoms with Crippen LogP contribution < -0.4 is 0 Å². The monoisotopic (exact) mass is 252 g/mol. The highest BCUT2D eigenvalue weighted by Gasteiger charge is 2.32. The molecule has 1 nitrogen and oxygen atoms in total. The third-order valence-electron chi connectivity index (χ3n) is 3.65. The van der Waals surface area contributed by atoms with E-state index in [9.17, 15) is 0 Å². The zero-order valence-electron chi connectivity index (χ0n) is 11.8. The maximum Gasteiger partial charge on any atom is 0.190 e. The molecular formula is C15H28OSi. The minimum Gasteiger partial charge on any atom is -0.413 e. The van der Waals surface area contributed by atoms with E-state index in [1.165, 1.54) is 31.4 Å². The fraction of sp³-hybridized carbons (Fsp3) is 0.867. The van der Waals surface area contributed by atoms with Gasteiger partial charge in [-0.1, -0.05) is 33.1 Å². The van der Waals surface area contributed by atoms with Crippen LogP contribution in [0.3, 0.4) is 0 Å². The fourth-order valence-corrected chi connectivity index (χ4v) is 6.02. The van der Waals surface area contributed by atoms with Crippen molar-refractivity contribution in [2.45, 2.75) is 83.5 Å². The topological polar surface area (TPSA) is 9.23 Å². The molecule has 1 heterocycles. The SMILES string of the molecule is CCCC#CCC(CC)O[Si]1(C)CCCCC1. The Morgan fingerprint density at radius 3 is 2.41 bits per heavy atom. The van der Waals surface area contributed by atoms with Crippen molar-refractivity contribution in [1.29, 1.82) is 0 Å². The summed E-state index contributed by atoms with van der Waals surface area (Å²) in [7, 11) is -1.36. The second-order valence-corrected chi connectivity index (χ2v) is 9.60. The average molecular weight is 252 g/mol. The molecule has 1 rings (SSSR count). The van der Waals surface area contributed by atoms with E-state index in [0.717, 1.165) is 25.7 Å². The van der Waals surface area contributed by atoms with Gasteiger partial charge in [-0.25, -0.2) is 0 Å². The maximum absolute atomic E-state index is 6.44. The summed E-state index contributed by atoms with van der Waals surface area (Å²) in [6.07, 6.45) is 8.85. The molecular weight excluding hydrogens is 224 g/mol. The van der Waals surface area contributed by atoms with Crippen LogP contribution >= 0.6 is 0 Å². The van der Waals surface area contributed by atoms with Gasteiger partial charge in [0.2, 0.25) is 0 Å². The van der Waals surface area contributed by atoms with Crippen LogP contribution in [0.5, 0.6) is 0 Å². The zero-order chi connectivity index (χ0) is 12.6. The van der Waals surface area contributed by atoms with Gasteiger partial charge < -0.3 is 4.43 Å². The third kappa shape index (κ3) is 5.74. The highest BCUT2D eigenvalue weighted by atomic mass is 28.4. The second-order valence-electron chi connectivity index (χ2n) is 5.47. The van der Waals surface area contributed by atoms with Gasteiger partial charge in [0.25, 0.3) is 0 Å². The van der Waals surface area contributed by atoms with E-state index in [-0.39, 0.29) is 0 Å². The van der Waals surface area contributed by atoms with Crippen molar-refractivity contribution < 1.29 is 4.43 Å². The van der Waals surface area contributed by atoms with Gasteiger partial charge in [-0.2, -0.15) is 0 Å². The number of hydrogen-bond donors (Lipinski definition) is 0. The third-order valence-corrected chi connectivity index (χ3v) is 7.37. The van der Waals surface area contributed by atoms with E-state index in [1.807, 2.05) is 0 Å². The predicted octanol–water partition coefficient (Wildman–Crippen LogP) is 4.73. The Morgan fingerprint density at radius 2 is 1.82 bits per heavy atom. The Balaban J connectivity index is 2.37. The van der Waals surface area contributed by atoms with Gasteiger partial charge >= 0.3 is 0 Å². The van der Waals surface area contributed by atoms with Crippen molar-refractivity contribution in [2.75, 3.05) is 0 Å². The molecule has 0 spiro atoms. The van der Waals surface area contributed by atoms with Crippen molar-refractivity contribution in [2.24, 2.45) is 0 Å². The van der Waals surface area contributed by atoms with Crippen molar-refractivity contribution >= 4 is 8.32 Å². The molecule has 1 unspecified atom stereocenters. The predicted molar refractivity (Wildman–Crippen MR) is 77.5 cm³/mol. The Kier molecular flexibility index (Phi) is 6.92. The first-order valence-corrected chi connectivity index (χ1v) is 10.2. The van der Waals surface area contributed by atoms with E-state index in [2.05, 4.69) is 32.2 Å². The minimum absolute atomic E-state index is 0.397. The molecule has 0 amide bonds. The Hall–Kier alpha value is -0.263. The lowest BCUT2D eigenvalue weighted by atomic mass is 10.2. The number of rotatable bonds is 5. The van der Waals surface area contributed by atoms with Gasteiger partial charge in [0, 0.05) is 12.8 Å². The van der Waals surface area contributed by atoms with Gasteiger partial charge in [0.15, 0.2) is 8.32 Å². The van der Waals surface area contributed by atoms with Crippen LogP contribution in [0.25, 0.3) is 0 Å². The molecule has 0 aliphatic carbocycles. The smallest absolute Gasteiger partial charge is 0.190 e.